The lowest BCUT2D eigenvalue weighted by molar-refractivity contribution is 0.0507. The quantitative estimate of drug-likeness (QED) is 0.819. The summed E-state index contributed by atoms with van der Waals surface area (Å²) in [6.45, 7) is 12.5. The average molecular weight is 354 g/mol. The van der Waals surface area contributed by atoms with Crippen molar-refractivity contribution >= 4 is 15.9 Å². The van der Waals surface area contributed by atoms with Crippen LogP contribution in [0.3, 0.4) is 0 Å². The number of imidazole rings is 1. The van der Waals surface area contributed by atoms with Crippen molar-refractivity contribution in [3.05, 3.63) is 16.1 Å². The first-order chi connectivity index (χ1) is 9.75. The van der Waals surface area contributed by atoms with Crippen molar-refractivity contribution in [1.29, 1.82) is 5.26 Å². The van der Waals surface area contributed by atoms with Gasteiger partial charge in [-0.05, 0) is 43.6 Å². The van der Waals surface area contributed by atoms with Gasteiger partial charge in [-0.3, -0.25) is 9.80 Å². The fourth-order valence-corrected chi connectivity index (χ4v) is 3.59. The molecule has 1 atom stereocenters. The molecule has 1 fully saturated rings. The second-order valence-electron chi connectivity index (χ2n) is 6.62. The number of hydrogen-bond acceptors (Lipinski definition) is 4. The van der Waals surface area contributed by atoms with Gasteiger partial charge < -0.3 is 4.57 Å². The predicted molar refractivity (Wildman–Crippen MR) is 86.9 cm³/mol. The number of nitrogens with zero attached hydrogens (tertiary/aromatic N) is 5. The summed E-state index contributed by atoms with van der Waals surface area (Å²) in [5.41, 5.74) is 1.15. The van der Waals surface area contributed by atoms with Crippen LogP contribution in [0.1, 0.15) is 38.3 Å². The maximum Gasteiger partial charge on any atom is 0.141 e. The van der Waals surface area contributed by atoms with Crippen molar-refractivity contribution in [2.75, 3.05) is 26.2 Å². The largest absolute Gasteiger partial charge is 0.332 e. The topological polar surface area (TPSA) is 48.1 Å². The highest BCUT2D eigenvalue weighted by Gasteiger charge is 2.32. The van der Waals surface area contributed by atoms with E-state index < -0.39 is 0 Å². The third-order valence-corrected chi connectivity index (χ3v) is 4.91. The highest BCUT2D eigenvalue weighted by molar-refractivity contribution is 9.10. The Balaban J connectivity index is 2.16. The summed E-state index contributed by atoms with van der Waals surface area (Å²) in [5, 5.41) is 9.65. The number of halogens is 1. The monoisotopic (exact) mass is 353 g/mol. The lowest BCUT2D eigenvalue weighted by atomic mass is 10.0. The van der Waals surface area contributed by atoms with Crippen molar-refractivity contribution in [2.24, 2.45) is 7.05 Å². The molecule has 1 aliphatic rings. The van der Waals surface area contributed by atoms with Crippen molar-refractivity contribution in [3.63, 3.8) is 0 Å². The van der Waals surface area contributed by atoms with Gasteiger partial charge in [0.25, 0.3) is 0 Å². The van der Waals surface area contributed by atoms with Crippen molar-refractivity contribution in [3.8, 4) is 6.07 Å². The fraction of sp³-hybridized carbons (Fsp3) is 0.733. The lowest BCUT2D eigenvalue weighted by Crippen LogP contribution is -2.54. The van der Waals surface area contributed by atoms with Gasteiger partial charge in [0.05, 0.1) is 11.8 Å². The first-order valence-electron chi connectivity index (χ1n) is 7.33. The Labute approximate surface area is 135 Å². The van der Waals surface area contributed by atoms with Gasteiger partial charge in [-0.15, -0.1) is 0 Å². The van der Waals surface area contributed by atoms with Gasteiger partial charge in [-0.1, -0.05) is 0 Å². The maximum atomic E-state index is 9.65. The molecule has 2 heterocycles. The molecule has 1 saturated heterocycles. The Morgan fingerprint density at radius 2 is 1.81 bits per heavy atom. The SMILES string of the molecule is Cc1nc(Br)c(C(C#N)N2CCN(C(C)(C)C)CC2)n1C. The molecule has 0 aliphatic carbocycles. The number of aromatic nitrogens is 2. The third kappa shape index (κ3) is 3.31. The molecule has 5 nitrogen and oxygen atoms in total. The summed E-state index contributed by atoms with van der Waals surface area (Å²) in [4.78, 5) is 9.15. The molecular formula is C15H24BrN5. The molecule has 0 saturated carbocycles. The van der Waals surface area contributed by atoms with E-state index in [1.54, 1.807) is 0 Å². The molecule has 1 aromatic rings. The summed E-state index contributed by atoms with van der Waals surface area (Å²) < 4.78 is 2.79. The Bertz CT molecular complexity index is 544. The molecule has 0 spiro atoms. The van der Waals surface area contributed by atoms with Crippen LogP contribution in [-0.4, -0.2) is 51.1 Å². The number of aryl methyl sites for hydroxylation is 1. The van der Waals surface area contributed by atoms with E-state index in [-0.39, 0.29) is 11.6 Å². The van der Waals surface area contributed by atoms with Crippen LogP contribution in [0.2, 0.25) is 0 Å². The smallest absolute Gasteiger partial charge is 0.141 e. The molecule has 6 heteroatoms. The van der Waals surface area contributed by atoms with E-state index in [4.69, 9.17) is 0 Å². The van der Waals surface area contributed by atoms with Crippen LogP contribution in [0.5, 0.6) is 0 Å². The molecule has 0 N–H and O–H groups in total. The first kappa shape index (κ1) is 16.5. The van der Waals surface area contributed by atoms with Gasteiger partial charge in [0.2, 0.25) is 0 Å². The zero-order valence-corrected chi connectivity index (χ0v) is 15.1. The molecule has 0 amide bonds. The van der Waals surface area contributed by atoms with E-state index in [0.717, 1.165) is 42.3 Å². The zero-order chi connectivity index (χ0) is 15.8. The molecule has 21 heavy (non-hydrogen) atoms. The minimum atomic E-state index is -0.243. The minimum Gasteiger partial charge on any atom is -0.332 e. The Kier molecular flexibility index (Phi) is 4.76. The van der Waals surface area contributed by atoms with E-state index in [9.17, 15) is 5.26 Å². The molecule has 1 aromatic heterocycles. The second kappa shape index (κ2) is 6.07. The first-order valence-corrected chi connectivity index (χ1v) is 8.12. The summed E-state index contributed by atoms with van der Waals surface area (Å²) >= 11 is 3.50. The molecule has 116 valence electrons. The van der Waals surface area contributed by atoms with Gasteiger partial charge in [-0.2, -0.15) is 5.26 Å². The molecule has 0 radical (unpaired) electrons. The van der Waals surface area contributed by atoms with Gasteiger partial charge in [0.1, 0.15) is 16.5 Å². The Morgan fingerprint density at radius 1 is 1.24 bits per heavy atom. The van der Waals surface area contributed by atoms with E-state index >= 15 is 0 Å². The third-order valence-electron chi connectivity index (χ3n) is 4.33. The van der Waals surface area contributed by atoms with Crippen LogP contribution in [0.15, 0.2) is 4.60 Å². The molecule has 1 unspecified atom stereocenters. The zero-order valence-electron chi connectivity index (χ0n) is 13.5. The summed E-state index contributed by atoms with van der Waals surface area (Å²) in [6.07, 6.45) is 0. The molecular weight excluding hydrogens is 330 g/mol. The van der Waals surface area contributed by atoms with Gasteiger partial charge >= 0.3 is 0 Å². The molecule has 1 aliphatic heterocycles. The lowest BCUT2D eigenvalue weighted by Gasteiger charge is -2.43. The highest BCUT2D eigenvalue weighted by atomic mass is 79.9. The number of hydrogen-bond donors (Lipinski definition) is 0. The number of rotatable bonds is 2. The van der Waals surface area contributed by atoms with E-state index in [1.807, 2.05) is 18.5 Å². The molecule has 0 bridgehead atoms. The van der Waals surface area contributed by atoms with Crippen LogP contribution in [0.25, 0.3) is 0 Å². The Hall–Kier alpha value is -0.900. The standard InChI is InChI=1S/C15H24BrN5/c1-11-18-14(16)13(19(11)5)12(10-17)20-6-8-21(9-7-20)15(2,3)4/h12H,6-9H2,1-5H3. The highest BCUT2D eigenvalue weighted by Crippen LogP contribution is 2.29. The number of piperazine rings is 1. The minimum absolute atomic E-state index is 0.192. The van der Waals surface area contributed by atoms with E-state index in [1.165, 1.54) is 0 Å². The molecule has 2 rings (SSSR count). The van der Waals surface area contributed by atoms with Crippen LogP contribution in [0.4, 0.5) is 0 Å². The van der Waals surface area contributed by atoms with Crippen LogP contribution < -0.4 is 0 Å². The van der Waals surface area contributed by atoms with Crippen LogP contribution in [0, 0.1) is 18.3 Å². The average Bonchev–Trinajstić information content (AvgIpc) is 2.66. The van der Waals surface area contributed by atoms with Gasteiger partial charge in [0.15, 0.2) is 0 Å². The normalized spacial score (nSPS) is 19.5. The van der Waals surface area contributed by atoms with Gasteiger partial charge in [0, 0.05) is 38.8 Å². The van der Waals surface area contributed by atoms with Gasteiger partial charge in [-0.25, -0.2) is 4.98 Å². The summed E-state index contributed by atoms with van der Waals surface area (Å²) in [5.74, 6) is 0.922. The maximum absolute atomic E-state index is 9.65. The van der Waals surface area contributed by atoms with E-state index in [0.29, 0.717) is 0 Å². The molecule has 0 aromatic carbocycles. The second-order valence-corrected chi connectivity index (χ2v) is 7.37. The fourth-order valence-electron chi connectivity index (χ4n) is 2.85. The van der Waals surface area contributed by atoms with Crippen LogP contribution >= 0.6 is 15.9 Å². The predicted octanol–water partition coefficient (Wildman–Crippen LogP) is 2.47. The number of nitriles is 1. The van der Waals surface area contributed by atoms with Crippen LogP contribution in [-0.2, 0) is 7.05 Å². The van der Waals surface area contributed by atoms with Crippen molar-refractivity contribution in [2.45, 2.75) is 39.3 Å². The summed E-state index contributed by atoms with van der Waals surface area (Å²) in [7, 11) is 1.97. The Morgan fingerprint density at radius 3 is 2.19 bits per heavy atom. The summed E-state index contributed by atoms with van der Waals surface area (Å²) in [6, 6.07) is 2.21. The van der Waals surface area contributed by atoms with Crippen molar-refractivity contribution < 1.29 is 0 Å². The van der Waals surface area contributed by atoms with Crippen molar-refractivity contribution in [1.82, 2.24) is 19.4 Å². The van der Waals surface area contributed by atoms with E-state index in [2.05, 4.69) is 57.6 Å².